The Morgan fingerprint density at radius 3 is 2.82 bits per heavy atom. The molecule has 1 saturated heterocycles. The van der Waals surface area contributed by atoms with Crippen molar-refractivity contribution in [1.29, 1.82) is 0 Å². The number of β-amino-alcohol motifs (C(OH)–C–C–N with tert-alkyl or cyclic N) is 1. The normalized spacial score (nSPS) is 25.6. The van der Waals surface area contributed by atoms with E-state index in [0.29, 0.717) is 18.0 Å². The molecule has 122 valence electrons. The summed E-state index contributed by atoms with van der Waals surface area (Å²) >= 11 is 0. The summed E-state index contributed by atoms with van der Waals surface area (Å²) < 4.78 is 1.85. The molecule has 3 rings (SSSR count). The molecule has 0 spiro atoms. The lowest BCUT2D eigenvalue weighted by Gasteiger charge is -2.19. The fourth-order valence-corrected chi connectivity index (χ4v) is 3.63. The summed E-state index contributed by atoms with van der Waals surface area (Å²) in [5.41, 5.74) is 1.60. The molecule has 1 amide bonds. The van der Waals surface area contributed by atoms with Gasteiger partial charge in [-0.05, 0) is 38.5 Å². The molecule has 2 heterocycles. The number of likely N-dealkylation sites (tertiary alicyclic amines) is 1. The van der Waals surface area contributed by atoms with Crippen molar-refractivity contribution in [1.82, 2.24) is 20.0 Å². The maximum absolute atomic E-state index is 12.6. The quantitative estimate of drug-likeness (QED) is 0.809. The van der Waals surface area contributed by atoms with Gasteiger partial charge in [0.05, 0.1) is 18.4 Å². The molecule has 6 nitrogen and oxygen atoms in total. The molecule has 1 aliphatic heterocycles. The number of aryl methyl sites for hydroxylation is 1. The molecule has 2 aliphatic rings. The van der Waals surface area contributed by atoms with Crippen LogP contribution in [0.4, 0.5) is 0 Å². The Hall–Kier alpha value is -1.40. The molecule has 1 aromatic heterocycles. The van der Waals surface area contributed by atoms with E-state index in [9.17, 15) is 4.79 Å². The third kappa shape index (κ3) is 3.03. The van der Waals surface area contributed by atoms with Gasteiger partial charge >= 0.3 is 0 Å². The molecule has 0 bridgehead atoms. The number of aliphatic hydroxyl groups is 1. The Labute approximate surface area is 131 Å². The fraction of sp³-hybridized carbons (Fsp3) is 0.750. The minimum absolute atomic E-state index is 0.0151. The van der Waals surface area contributed by atoms with Gasteiger partial charge in [0.2, 0.25) is 0 Å². The highest BCUT2D eigenvalue weighted by molar-refractivity contribution is 5.95. The SMILES string of the molecule is CCn1ncc(C(=O)N[C@H]2CN(CCO)C[C@@H]2C2CC2)c1C. The zero-order valence-corrected chi connectivity index (χ0v) is 13.5. The van der Waals surface area contributed by atoms with Crippen LogP contribution in [0.3, 0.4) is 0 Å². The molecule has 1 saturated carbocycles. The summed E-state index contributed by atoms with van der Waals surface area (Å²) in [4.78, 5) is 14.8. The topological polar surface area (TPSA) is 70.4 Å². The van der Waals surface area contributed by atoms with Gasteiger partial charge in [0.25, 0.3) is 5.91 Å². The standard InChI is InChI=1S/C16H26N4O2/c1-3-20-11(2)13(8-17-20)16(22)18-15-10-19(6-7-21)9-14(15)12-4-5-12/h8,12,14-15,21H,3-7,9-10H2,1-2H3,(H,18,22)/t14-,15+/m1/s1. The molecule has 2 N–H and O–H groups in total. The molecule has 1 aliphatic carbocycles. The van der Waals surface area contributed by atoms with Gasteiger partial charge in [-0.15, -0.1) is 0 Å². The van der Waals surface area contributed by atoms with Gasteiger partial charge in [-0.3, -0.25) is 14.4 Å². The lowest BCUT2D eigenvalue weighted by Crippen LogP contribution is -2.41. The number of amides is 1. The van der Waals surface area contributed by atoms with Crippen LogP contribution in [-0.4, -0.2) is 58.0 Å². The number of carbonyl (C=O) groups excluding carboxylic acids is 1. The predicted molar refractivity (Wildman–Crippen MR) is 83.6 cm³/mol. The zero-order chi connectivity index (χ0) is 15.7. The van der Waals surface area contributed by atoms with E-state index in [0.717, 1.165) is 31.2 Å². The van der Waals surface area contributed by atoms with Crippen LogP contribution < -0.4 is 5.32 Å². The van der Waals surface area contributed by atoms with Crippen LogP contribution in [0.15, 0.2) is 6.20 Å². The minimum atomic E-state index is -0.0151. The molecule has 0 aromatic carbocycles. The Morgan fingerprint density at radius 2 is 2.23 bits per heavy atom. The van der Waals surface area contributed by atoms with E-state index < -0.39 is 0 Å². The van der Waals surface area contributed by atoms with Crippen LogP contribution >= 0.6 is 0 Å². The molecule has 0 radical (unpaired) electrons. The summed E-state index contributed by atoms with van der Waals surface area (Å²) in [6, 6.07) is 0.191. The lowest BCUT2D eigenvalue weighted by atomic mass is 9.98. The van der Waals surface area contributed by atoms with Crippen molar-refractivity contribution in [2.75, 3.05) is 26.2 Å². The number of hydrogen-bond acceptors (Lipinski definition) is 4. The van der Waals surface area contributed by atoms with Crippen LogP contribution in [0.1, 0.15) is 35.8 Å². The van der Waals surface area contributed by atoms with Crippen LogP contribution in [0.2, 0.25) is 0 Å². The van der Waals surface area contributed by atoms with Crippen molar-refractivity contribution in [2.45, 2.75) is 39.3 Å². The largest absolute Gasteiger partial charge is 0.395 e. The Balaban J connectivity index is 1.67. The highest BCUT2D eigenvalue weighted by Crippen LogP contribution is 2.41. The highest BCUT2D eigenvalue weighted by Gasteiger charge is 2.42. The first-order valence-electron chi connectivity index (χ1n) is 8.30. The second kappa shape index (κ2) is 6.38. The lowest BCUT2D eigenvalue weighted by molar-refractivity contribution is 0.0927. The summed E-state index contributed by atoms with van der Waals surface area (Å²) in [5, 5.41) is 16.6. The van der Waals surface area contributed by atoms with E-state index in [4.69, 9.17) is 5.11 Å². The van der Waals surface area contributed by atoms with E-state index in [1.165, 1.54) is 12.8 Å². The Kier molecular flexibility index (Phi) is 4.49. The van der Waals surface area contributed by atoms with Gasteiger partial charge in [-0.1, -0.05) is 0 Å². The first kappa shape index (κ1) is 15.5. The van der Waals surface area contributed by atoms with Crippen molar-refractivity contribution in [2.24, 2.45) is 11.8 Å². The average molecular weight is 306 g/mol. The van der Waals surface area contributed by atoms with Gasteiger partial charge < -0.3 is 10.4 Å². The number of nitrogens with zero attached hydrogens (tertiary/aromatic N) is 3. The van der Waals surface area contributed by atoms with E-state index in [1.807, 2.05) is 18.5 Å². The molecule has 2 fully saturated rings. The van der Waals surface area contributed by atoms with E-state index in [-0.39, 0.29) is 18.6 Å². The van der Waals surface area contributed by atoms with Gasteiger partial charge in [0.1, 0.15) is 0 Å². The molecule has 6 heteroatoms. The van der Waals surface area contributed by atoms with Crippen LogP contribution in [0.25, 0.3) is 0 Å². The fourth-order valence-electron chi connectivity index (χ4n) is 3.63. The maximum Gasteiger partial charge on any atom is 0.255 e. The zero-order valence-electron chi connectivity index (χ0n) is 13.5. The van der Waals surface area contributed by atoms with E-state index in [1.54, 1.807) is 6.20 Å². The number of aromatic nitrogens is 2. The summed E-state index contributed by atoms with van der Waals surface area (Å²) in [5.74, 6) is 1.25. The van der Waals surface area contributed by atoms with Gasteiger partial charge in [-0.25, -0.2) is 0 Å². The molecule has 1 aromatic rings. The smallest absolute Gasteiger partial charge is 0.255 e. The highest BCUT2D eigenvalue weighted by atomic mass is 16.3. The number of aliphatic hydroxyl groups excluding tert-OH is 1. The summed E-state index contributed by atoms with van der Waals surface area (Å²) in [7, 11) is 0. The summed E-state index contributed by atoms with van der Waals surface area (Å²) in [6.45, 7) is 7.45. The second-order valence-corrected chi connectivity index (χ2v) is 6.52. The maximum atomic E-state index is 12.6. The number of rotatable bonds is 6. The Morgan fingerprint density at radius 1 is 1.45 bits per heavy atom. The monoisotopic (exact) mass is 306 g/mol. The van der Waals surface area contributed by atoms with Crippen LogP contribution in [0, 0.1) is 18.8 Å². The van der Waals surface area contributed by atoms with E-state index >= 15 is 0 Å². The summed E-state index contributed by atoms with van der Waals surface area (Å²) in [6.07, 6.45) is 4.22. The number of hydrogen-bond donors (Lipinski definition) is 2. The minimum Gasteiger partial charge on any atom is -0.395 e. The number of nitrogens with one attached hydrogen (secondary N) is 1. The van der Waals surface area contributed by atoms with Crippen molar-refractivity contribution < 1.29 is 9.90 Å². The van der Waals surface area contributed by atoms with Gasteiger partial charge in [0.15, 0.2) is 0 Å². The molecular weight excluding hydrogens is 280 g/mol. The molecule has 0 unspecified atom stereocenters. The van der Waals surface area contributed by atoms with Gasteiger partial charge in [-0.2, -0.15) is 5.10 Å². The molecule has 22 heavy (non-hydrogen) atoms. The number of carbonyl (C=O) groups is 1. The van der Waals surface area contributed by atoms with Crippen molar-refractivity contribution >= 4 is 5.91 Å². The van der Waals surface area contributed by atoms with Crippen LogP contribution in [0.5, 0.6) is 0 Å². The van der Waals surface area contributed by atoms with Crippen molar-refractivity contribution in [3.05, 3.63) is 17.5 Å². The molecular formula is C16H26N4O2. The van der Waals surface area contributed by atoms with Crippen LogP contribution in [-0.2, 0) is 6.54 Å². The van der Waals surface area contributed by atoms with E-state index in [2.05, 4.69) is 15.3 Å². The van der Waals surface area contributed by atoms with Crippen molar-refractivity contribution in [3.8, 4) is 0 Å². The molecule has 2 atom stereocenters. The first-order chi connectivity index (χ1) is 10.6. The first-order valence-corrected chi connectivity index (χ1v) is 8.30. The van der Waals surface area contributed by atoms with Crippen molar-refractivity contribution in [3.63, 3.8) is 0 Å². The Bertz CT molecular complexity index is 538. The van der Waals surface area contributed by atoms with Gasteiger partial charge in [0, 0.05) is 37.9 Å². The third-order valence-electron chi connectivity index (χ3n) is 5.05. The predicted octanol–water partition coefficient (Wildman–Crippen LogP) is 0.644. The average Bonchev–Trinajstić information content (AvgIpc) is 3.16. The third-order valence-corrected chi connectivity index (χ3v) is 5.05. The second-order valence-electron chi connectivity index (χ2n) is 6.52.